The minimum Gasteiger partial charge on any atom is -0.465 e. The summed E-state index contributed by atoms with van der Waals surface area (Å²) in [5.41, 5.74) is 0.801. The summed E-state index contributed by atoms with van der Waals surface area (Å²) in [4.78, 5) is 11.3. The molecule has 0 aliphatic heterocycles. The lowest BCUT2D eigenvalue weighted by atomic mass is 10.0. The Balaban J connectivity index is 2.31. The van der Waals surface area contributed by atoms with Gasteiger partial charge in [-0.3, -0.25) is 4.79 Å². The van der Waals surface area contributed by atoms with Crippen LogP contribution in [-0.2, 0) is 4.79 Å². The van der Waals surface area contributed by atoms with Crippen molar-refractivity contribution in [2.24, 2.45) is 5.92 Å². The first-order valence-electron chi connectivity index (χ1n) is 4.25. The molecule has 2 rings (SSSR count). The minimum absolute atomic E-state index is 0.0869. The molecule has 1 aromatic rings. The fourth-order valence-corrected chi connectivity index (χ4v) is 1.39. The summed E-state index contributed by atoms with van der Waals surface area (Å²) in [6, 6.07) is 3.65. The molecule has 1 aromatic heterocycles. The third-order valence-electron chi connectivity index (χ3n) is 2.15. The molecule has 0 spiro atoms. The number of ketones is 1. The molecular weight excluding hydrogens is 164 g/mol. The SMILES string of the molecule is C[C@H]1C=CC(=O)/C1=C/c1ccco1. The summed E-state index contributed by atoms with van der Waals surface area (Å²) < 4.78 is 5.14. The van der Waals surface area contributed by atoms with Crippen LogP contribution in [0.5, 0.6) is 0 Å². The molecule has 0 radical (unpaired) electrons. The number of hydrogen-bond acceptors (Lipinski definition) is 2. The number of allylic oxidation sites excluding steroid dienone is 3. The number of carbonyl (C=O) groups is 1. The average Bonchev–Trinajstić information content (AvgIpc) is 2.70. The van der Waals surface area contributed by atoms with Crippen LogP contribution in [0.2, 0.25) is 0 Å². The molecule has 0 saturated heterocycles. The van der Waals surface area contributed by atoms with E-state index in [2.05, 4.69) is 0 Å². The Morgan fingerprint density at radius 1 is 1.54 bits per heavy atom. The van der Waals surface area contributed by atoms with Gasteiger partial charge in [0, 0.05) is 11.5 Å². The average molecular weight is 174 g/mol. The fraction of sp³-hybridized carbons (Fsp3) is 0.182. The molecule has 2 heteroatoms. The van der Waals surface area contributed by atoms with E-state index in [0.29, 0.717) is 0 Å². The van der Waals surface area contributed by atoms with Gasteiger partial charge in [0.05, 0.1) is 6.26 Å². The van der Waals surface area contributed by atoms with Crippen molar-refractivity contribution in [1.82, 2.24) is 0 Å². The maximum Gasteiger partial charge on any atom is 0.182 e. The number of hydrogen-bond donors (Lipinski definition) is 0. The highest BCUT2D eigenvalue weighted by atomic mass is 16.3. The topological polar surface area (TPSA) is 30.2 Å². The lowest BCUT2D eigenvalue weighted by molar-refractivity contribution is -0.111. The predicted molar refractivity (Wildman–Crippen MR) is 50.0 cm³/mol. The molecule has 0 aromatic carbocycles. The van der Waals surface area contributed by atoms with Crippen LogP contribution in [0, 0.1) is 5.92 Å². The third-order valence-corrected chi connectivity index (χ3v) is 2.15. The normalized spacial score (nSPS) is 24.5. The summed E-state index contributed by atoms with van der Waals surface area (Å²) in [7, 11) is 0. The van der Waals surface area contributed by atoms with Crippen molar-refractivity contribution in [2.75, 3.05) is 0 Å². The van der Waals surface area contributed by atoms with Crippen LogP contribution in [0.4, 0.5) is 0 Å². The first kappa shape index (κ1) is 8.05. The van der Waals surface area contributed by atoms with Crippen LogP contribution in [0.1, 0.15) is 12.7 Å². The van der Waals surface area contributed by atoms with Crippen molar-refractivity contribution in [3.63, 3.8) is 0 Å². The molecule has 1 aliphatic carbocycles. The number of carbonyl (C=O) groups excluding carboxylic acids is 1. The van der Waals surface area contributed by atoms with E-state index in [0.717, 1.165) is 11.3 Å². The second kappa shape index (κ2) is 3.05. The van der Waals surface area contributed by atoms with Gasteiger partial charge in [-0.15, -0.1) is 0 Å². The quantitative estimate of drug-likeness (QED) is 0.612. The summed E-state index contributed by atoms with van der Waals surface area (Å²) in [5, 5.41) is 0. The van der Waals surface area contributed by atoms with E-state index in [1.54, 1.807) is 18.4 Å². The smallest absolute Gasteiger partial charge is 0.182 e. The van der Waals surface area contributed by atoms with Crippen molar-refractivity contribution in [3.05, 3.63) is 41.9 Å². The molecule has 0 fully saturated rings. The first-order chi connectivity index (χ1) is 6.27. The van der Waals surface area contributed by atoms with Crippen molar-refractivity contribution in [1.29, 1.82) is 0 Å². The lowest BCUT2D eigenvalue weighted by Gasteiger charge is -2.00. The highest BCUT2D eigenvalue weighted by Crippen LogP contribution is 2.23. The van der Waals surface area contributed by atoms with Gasteiger partial charge >= 0.3 is 0 Å². The van der Waals surface area contributed by atoms with Gasteiger partial charge in [0.15, 0.2) is 5.78 Å². The van der Waals surface area contributed by atoms with Crippen LogP contribution in [0.3, 0.4) is 0 Å². The van der Waals surface area contributed by atoms with Crippen LogP contribution in [0.25, 0.3) is 6.08 Å². The van der Waals surface area contributed by atoms with Crippen molar-refractivity contribution >= 4 is 11.9 Å². The van der Waals surface area contributed by atoms with E-state index in [-0.39, 0.29) is 11.7 Å². The molecule has 66 valence electrons. The first-order valence-corrected chi connectivity index (χ1v) is 4.25. The molecule has 0 saturated carbocycles. The van der Waals surface area contributed by atoms with Gasteiger partial charge in [-0.25, -0.2) is 0 Å². The third kappa shape index (κ3) is 1.47. The summed E-state index contributed by atoms with van der Waals surface area (Å²) in [5.74, 6) is 1.03. The Kier molecular flexibility index (Phi) is 1.89. The molecule has 1 atom stereocenters. The van der Waals surface area contributed by atoms with Gasteiger partial charge in [-0.1, -0.05) is 13.0 Å². The molecule has 0 unspecified atom stereocenters. The van der Waals surface area contributed by atoms with Gasteiger partial charge in [0.25, 0.3) is 0 Å². The van der Waals surface area contributed by atoms with E-state index in [1.165, 1.54) is 0 Å². The number of furan rings is 1. The monoisotopic (exact) mass is 174 g/mol. The predicted octanol–water partition coefficient (Wildman–Crippen LogP) is 2.44. The Morgan fingerprint density at radius 2 is 2.38 bits per heavy atom. The van der Waals surface area contributed by atoms with Gasteiger partial charge in [-0.2, -0.15) is 0 Å². The molecule has 1 aliphatic rings. The molecule has 2 nitrogen and oxygen atoms in total. The highest BCUT2D eigenvalue weighted by Gasteiger charge is 2.18. The van der Waals surface area contributed by atoms with E-state index >= 15 is 0 Å². The van der Waals surface area contributed by atoms with Crippen LogP contribution in [0.15, 0.2) is 40.5 Å². The Labute approximate surface area is 76.6 Å². The van der Waals surface area contributed by atoms with Crippen LogP contribution >= 0.6 is 0 Å². The van der Waals surface area contributed by atoms with Gasteiger partial charge in [0.2, 0.25) is 0 Å². The minimum atomic E-state index is 0.0869. The zero-order chi connectivity index (χ0) is 9.26. The standard InChI is InChI=1S/C11H10O2/c1-8-4-5-11(12)10(8)7-9-3-2-6-13-9/h2-8H,1H3/b10-7+/t8-/m0/s1. The van der Waals surface area contributed by atoms with E-state index in [1.807, 2.05) is 25.1 Å². The molecule has 0 amide bonds. The van der Waals surface area contributed by atoms with E-state index in [4.69, 9.17) is 4.42 Å². The van der Waals surface area contributed by atoms with Crippen LogP contribution in [-0.4, -0.2) is 5.78 Å². The second-order valence-corrected chi connectivity index (χ2v) is 3.13. The van der Waals surface area contributed by atoms with Gasteiger partial charge in [0.1, 0.15) is 5.76 Å². The van der Waals surface area contributed by atoms with E-state index in [9.17, 15) is 4.79 Å². The summed E-state index contributed by atoms with van der Waals surface area (Å²) >= 11 is 0. The Morgan fingerprint density at radius 3 is 2.92 bits per heavy atom. The molecule has 0 N–H and O–H groups in total. The lowest BCUT2D eigenvalue weighted by Crippen LogP contribution is -1.97. The Hall–Kier alpha value is -1.57. The van der Waals surface area contributed by atoms with Crippen molar-refractivity contribution in [2.45, 2.75) is 6.92 Å². The number of rotatable bonds is 1. The summed E-state index contributed by atoms with van der Waals surface area (Å²) in [6.07, 6.45) is 6.91. The molecule has 0 bridgehead atoms. The van der Waals surface area contributed by atoms with Crippen LogP contribution < -0.4 is 0 Å². The zero-order valence-electron chi connectivity index (χ0n) is 7.36. The van der Waals surface area contributed by atoms with E-state index < -0.39 is 0 Å². The largest absolute Gasteiger partial charge is 0.465 e. The highest BCUT2D eigenvalue weighted by molar-refractivity contribution is 6.09. The Bertz CT molecular complexity index is 369. The molecule has 1 heterocycles. The second-order valence-electron chi connectivity index (χ2n) is 3.13. The molecule has 13 heavy (non-hydrogen) atoms. The van der Waals surface area contributed by atoms with Gasteiger partial charge in [-0.05, 0) is 24.3 Å². The fourth-order valence-electron chi connectivity index (χ4n) is 1.39. The van der Waals surface area contributed by atoms with Crippen molar-refractivity contribution < 1.29 is 9.21 Å². The molecular formula is C11H10O2. The maximum absolute atomic E-state index is 11.3. The zero-order valence-corrected chi connectivity index (χ0v) is 7.36. The summed E-state index contributed by atoms with van der Waals surface area (Å²) in [6.45, 7) is 2.00. The van der Waals surface area contributed by atoms with Crippen molar-refractivity contribution in [3.8, 4) is 0 Å². The maximum atomic E-state index is 11.3. The van der Waals surface area contributed by atoms with Gasteiger partial charge < -0.3 is 4.42 Å².